The largest absolute Gasteiger partial charge is 0.444 e. The van der Waals surface area contributed by atoms with E-state index in [2.05, 4.69) is 0 Å². The van der Waals surface area contributed by atoms with E-state index < -0.39 is 41.6 Å². The molecule has 11 heteroatoms. The van der Waals surface area contributed by atoms with E-state index in [1.54, 1.807) is 20.8 Å². The first-order valence-electron chi connectivity index (χ1n) is 9.75. The summed E-state index contributed by atoms with van der Waals surface area (Å²) >= 11 is 0. The van der Waals surface area contributed by atoms with Gasteiger partial charge in [0, 0.05) is 13.1 Å². The lowest BCUT2D eigenvalue weighted by atomic mass is 10.00. The number of hydroxylamine groups is 4. The van der Waals surface area contributed by atoms with Crippen LogP contribution in [0, 0.1) is 0 Å². The zero-order valence-corrected chi connectivity index (χ0v) is 17.2. The molecule has 3 aliphatic heterocycles. The van der Waals surface area contributed by atoms with Crippen LogP contribution in [0.4, 0.5) is 9.59 Å². The quantitative estimate of drug-likeness (QED) is 0.416. The second-order valence-electron chi connectivity index (χ2n) is 8.51. The topological polar surface area (TPSA) is 120 Å². The molecule has 0 spiro atoms. The second kappa shape index (κ2) is 7.79. The fourth-order valence-electron chi connectivity index (χ4n) is 4.03. The lowest BCUT2D eigenvalue weighted by Crippen LogP contribution is -2.56. The molecule has 162 valence electrons. The van der Waals surface area contributed by atoms with Crippen LogP contribution in [0.25, 0.3) is 0 Å². The molecule has 1 unspecified atom stereocenters. The number of imide groups is 1. The SMILES string of the molecule is CON(C(=O)C1CC[C@@H]2CN1C(=O)N2O)C(=O)[C@@H]1CCCN1C(=O)OC(C)(C)C. The molecule has 3 rings (SSSR count). The summed E-state index contributed by atoms with van der Waals surface area (Å²) in [6.45, 7) is 5.75. The number of amides is 5. The van der Waals surface area contributed by atoms with Gasteiger partial charge in [-0.05, 0) is 46.5 Å². The Bertz CT molecular complexity index is 707. The Balaban J connectivity index is 1.73. The molecule has 0 saturated carbocycles. The minimum absolute atomic E-state index is 0.213. The molecule has 5 amide bonds. The summed E-state index contributed by atoms with van der Waals surface area (Å²) in [6.07, 6.45) is 1.10. The highest BCUT2D eigenvalue weighted by Crippen LogP contribution is 2.30. The molecule has 3 aliphatic rings. The van der Waals surface area contributed by atoms with Crippen LogP contribution in [0.5, 0.6) is 0 Å². The van der Waals surface area contributed by atoms with Gasteiger partial charge in [0.05, 0.1) is 13.2 Å². The fourth-order valence-corrected chi connectivity index (χ4v) is 4.03. The molecule has 3 atom stereocenters. The summed E-state index contributed by atoms with van der Waals surface area (Å²) in [7, 11) is 1.19. The standard InChI is InChI=1S/C18H28N4O7/c1-18(2,3)29-17(26)19-9-5-6-12(19)14(23)22(28-4)15(24)13-8-7-11-10-20(13)16(25)21(11)27/h11-13,27H,5-10H2,1-4H3/t11-,12+,13?/m1/s1. The fraction of sp³-hybridized carbons (Fsp3) is 0.778. The van der Waals surface area contributed by atoms with E-state index in [1.165, 1.54) is 16.9 Å². The Hall–Kier alpha value is -2.40. The smallest absolute Gasteiger partial charge is 0.410 e. The molecular formula is C18H28N4O7. The van der Waals surface area contributed by atoms with Crippen LogP contribution in [-0.2, 0) is 19.2 Å². The van der Waals surface area contributed by atoms with E-state index in [9.17, 15) is 24.4 Å². The molecule has 2 bridgehead atoms. The number of likely N-dealkylation sites (tertiary alicyclic amines) is 1. The van der Waals surface area contributed by atoms with Gasteiger partial charge in [-0.1, -0.05) is 0 Å². The highest BCUT2D eigenvalue weighted by atomic mass is 16.7. The number of carbonyl (C=O) groups is 4. The Morgan fingerprint density at radius 1 is 1.10 bits per heavy atom. The van der Waals surface area contributed by atoms with Crippen LogP contribution in [0.2, 0.25) is 0 Å². The van der Waals surface area contributed by atoms with E-state index >= 15 is 0 Å². The first-order valence-corrected chi connectivity index (χ1v) is 9.75. The van der Waals surface area contributed by atoms with Crippen molar-refractivity contribution >= 4 is 23.9 Å². The molecule has 0 aromatic carbocycles. The van der Waals surface area contributed by atoms with Gasteiger partial charge in [0.15, 0.2) is 0 Å². The lowest BCUT2D eigenvalue weighted by Gasteiger charge is -2.34. The van der Waals surface area contributed by atoms with Crippen LogP contribution >= 0.6 is 0 Å². The molecular weight excluding hydrogens is 384 g/mol. The molecule has 0 aromatic rings. The van der Waals surface area contributed by atoms with Crippen molar-refractivity contribution in [3.05, 3.63) is 0 Å². The van der Waals surface area contributed by atoms with Crippen molar-refractivity contribution in [3.8, 4) is 0 Å². The molecule has 0 aliphatic carbocycles. The van der Waals surface area contributed by atoms with E-state index in [4.69, 9.17) is 9.57 Å². The second-order valence-corrected chi connectivity index (χ2v) is 8.51. The zero-order valence-electron chi connectivity index (χ0n) is 17.2. The van der Waals surface area contributed by atoms with Crippen molar-refractivity contribution in [2.24, 2.45) is 0 Å². The van der Waals surface area contributed by atoms with Crippen molar-refractivity contribution < 1.29 is 34.0 Å². The first-order chi connectivity index (χ1) is 13.5. The van der Waals surface area contributed by atoms with Crippen LogP contribution in [-0.4, -0.2) is 93.0 Å². The minimum Gasteiger partial charge on any atom is -0.444 e. The monoisotopic (exact) mass is 412 g/mol. The van der Waals surface area contributed by atoms with Crippen LogP contribution in [0.1, 0.15) is 46.5 Å². The number of nitrogens with zero attached hydrogens (tertiary/aromatic N) is 4. The van der Waals surface area contributed by atoms with Gasteiger partial charge in [-0.15, -0.1) is 0 Å². The van der Waals surface area contributed by atoms with Gasteiger partial charge >= 0.3 is 12.1 Å². The maximum absolute atomic E-state index is 13.1. The number of rotatable bonds is 3. The number of hydrogen-bond donors (Lipinski definition) is 1. The van der Waals surface area contributed by atoms with Crippen molar-refractivity contribution in [1.82, 2.24) is 19.9 Å². The summed E-state index contributed by atoms with van der Waals surface area (Å²) in [6, 6.07) is -2.80. The summed E-state index contributed by atoms with van der Waals surface area (Å²) in [4.78, 5) is 58.3. The summed E-state index contributed by atoms with van der Waals surface area (Å²) in [5.41, 5.74) is -0.713. The van der Waals surface area contributed by atoms with Gasteiger partial charge in [-0.2, -0.15) is 5.06 Å². The number of urea groups is 1. The number of carbonyl (C=O) groups excluding carboxylic acids is 4. The molecule has 3 fully saturated rings. The average molecular weight is 412 g/mol. The third-order valence-electron chi connectivity index (χ3n) is 5.38. The van der Waals surface area contributed by atoms with Gasteiger partial charge in [0.2, 0.25) is 0 Å². The number of ether oxygens (including phenoxy) is 1. The molecule has 29 heavy (non-hydrogen) atoms. The van der Waals surface area contributed by atoms with Gasteiger partial charge in [0.1, 0.15) is 17.7 Å². The van der Waals surface area contributed by atoms with E-state index in [-0.39, 0.29) is 12.6 Å². The van der Waals surface area contributed by atoms with Gasteiger partial charge in [-0.25, -0.2) is 14.7 Å². The normalized spacial score (nSPS) is 26.7. The Labute approximate surface area is 169 Å². The molecule has 0 radical (unpaired) electrons. The van der Waals surface area contributed by atoms with Crippen LogP contribution < -0.4 is 0 Å². The van der Waals surface area contributed by atoms with Gasteiger partial charge in [0.25, 0.3) is 11.8 Å². The Morgan fingerprint density at radius 3 is 2.38 bits per heavy atom. The number of fused-ring (bicyclic) bond motifs is 2. The average Bonchev–Trinajstić information content (AvgIpc) is 3.22. The lowest BCUT2D eigenvalue weighted by molar-refractivity contribution is -0.193. The highest BCUT2D eigenvalue weighted by molar-refractivity contribution is 6.01. The van der Waals surface area contributed by atoms with Crippen molar-refractivity contribution in [2.75, 3.05) is 20.2 Å². The highest BCUT2D eigenvalue weighted by Gasteiger charge is 2.50. The zero-order chi connectivity index (χ0) is 21.5. The Kier molecular flexibility index (Phi) is 5.72. The van der Waals surface area contributed by atoms with Crippen molar-refractivity contribution in [1.29, 1.82) is 0 Å². The van der Waals surface area contributed by atoms with E-state index in [1.807, 2.05) is 0 Å². The van der Waals surface area contributed by atoms with E-state index in [0.29, 0.717) is 42.4 Å². The third kappa shape index (κ3) is 4.01. The first kappa shape index (κ1) is 21.3. The van der Waals surface area contributed by atoms with Gasteiger partial charge in [-0.3, -0.25) is 24.5 Å². The summed E-state index contributed by atoms with van der Waals surface area (Å²) in [5, 5.41) is 11.1. The third-order valence-corrected chi connectivity index (χ3v) is 5.38. The van der Waals surface area contributed by atoms with Gasteiger partial charge < -0.3 is 9.64 Å². The summed E-state index contributed by atoms with van der Waals surface area (Å²) < 4.78 is 5.36. The maximum Gasteiger partial charge on any atom is 0.410 e. The minimum atomic E-state index is -0.906. The van der Waals surface area contributed by atoms with E-state index in [0.717, 1.165) is 0 Å². The summed E-state index contributed by atoms with van der Waals surface area (Å²) in [5.74, 6) is -1.36. The number of hydrogen-bond acceptors (Lipinski definition) is 7. The molecule has 11 nitrogen and oxygen atoms in total. The predicted molar refractivity (Wildman–Crippen MR) is 97.4 cm³/mol. The number of piperidine rings is 1. The molecule has 1 N–H and O–H groups in total. The molecule has 0 aromatic heterocycles. The van der Waals surface area contributed by atoms with Crippen molar-refractivity contribution in [3.63, 3.8) is 0 Å². The maximum atomic E-state index is 13.1. The van der Waals surface area contributed by atoms with Crippen LogP contribution in [0.15, 0.2) is 0 Å². The predicted octanol–water partition coefficient (Wildman–Crippen LogP) is 0.960. The Morgan fingerprint density at radius 2 is 1.76 bits per heavy atom. The van der Waals surface area contributed by atoms with Crippen molar-refractivity contribution in [2.45, 2.75) is 70.2 Å². The van der Waals surface area contributed by atoms with Crippen LogP contribution in [0.3, 0.4) is 0 Å². The molecule has 3 heterocycles. The molecule has 3 saturated heterocycles.